The van der Waals surface area contributed by atoms with Crippen molar-refractivity contribution < 1.29 is 27.8 Å². The summed E-state index contributed by atoms with van der Waals surface area (Å²) in [5, 5.41) is 0. The third-order valence-electron chi connectivity index (χ3n) is 4.15. The molecule has 2 aromatic rings. The molecule has 0 radical (unpaired) electrons. The number of benzene rings is 2. The van der Waals surface area contributed by atoms with Gasteiger partial charge in [-0.05, 0) is 23.8 Å². The van der Waals surface area contributed by atoms with Crippen LogP contribution in [-0.4, -0.2) is 44.2 Å². The van der Waals surface area contributed by atoms with E-state index in [1.807, 2.05) is 30.3 Å². The van der Waals surface area contributed by atoms with Crippen LogP contribution in [0.1, 0.15) is 22.0 Å². The van der Waals surface area contributed by atoms with E-state index in [-0.39, 0.29) is 29.1 Å². The number of carbonyl (C=O) groups excluding carboxylic acids is 1. The summed E-state index contributed by atoms with van der Waals surface area (Å²) in [4.78, 5) is 14.4. The van der Waals surface area contributed by atoms with E-state index in [1.165, 1.54) is 25.3 Å². The molecule has 2 aromatic carbocycles. The first-order chi connectivity index (χ1) is 12.6. The Morgan fingerprint density at radius 1 is 1.19 bits per heavy atom. The summed E-state index contributed by atoms with van der Waals surface area (Å²) in [5.41, 5.74) is 1.25. The summed E-state index contributed by atoms with van der Waals surface area (Å²) in [5.74, 6) is -0.289. The number of methoxy groups -OCH3 is 1. The molecule has 1 atom stereocenters. The molecule has 0 N–H and O–H groups in total. The van der Waals surface area contributed by atoms with Gasteiger partial charge in [0.05, 0.1) is 20.3 Å². The number of ether oxygens (including phenoxy) is 3. The molecule has 0 aromatic heterocycles. The number of hydrogen-bond donors (Lipinski definition) is 0. The second-order valence-electron chi connectivity index (χ2n) is 5.77. The molecule has 1 fully saturated rings. The maximum atomic E-state index is 12.8. The molecule has 1 aliphatic heterocycles. The van der Waals surface area contributed by atoms with Crippen LogP contribution in [0.5, 0.6) is 11.5 Å². The minimum absolute atomic E-state index is 0.144. The third-order valence-corrected chi connectivity index (χ3v) is 4.15. The third kappa shape index (κ3) is 4.11. The van der Waals surface area contributed by atoms with Crippen molar-refractivity contribution in [1.29, 1.82) is 0 Å². The van der Waals surface area contributed by atoms with Crippen molar-refractivity contribution in [3.63, 3.8) is 0 Å². The van der Waals surface area contributed by atoms with Crippen LogP contribution in [0.25, 0.3) is 0 Å². The molecule has 0 unspecified atom stereocenters. The molecule has 7 heteroatoms. The second kappa shape index (κ2) is 8.14. The summed E-state index contributed by atoms with van der Waals surface area (Å²) < 4.78 is 40.4. The van der Waals surface area contributed by atoms with Gasteiger partial charge in [-0.15, -0.1) is 0 Å². The highest BCUT2D eigenvalue weighted by Crippen LogP contribution is 2.31. The zero-order valence-corrected chi connectivity index (χ0v) is 14.2. The van der Waals surface area contributed by atoms with Crippen molar-refractivity contribution in [2.75, 3.05) is 26.8 Å². The Bertz CT molecular complexity index is 754. The van der Waals surface area contributed by atoms with Crippen LogP contribution in [0.4, 0.5) is 8.78 Å². The number of hydrogen-bond acceptors (Lipinski definition) is 4. The van der Waals surface area contributed by atoms with Gasteiger partial charge in [0.25, 0.3) is 5.91 Å². The number of alkyl halides is 2. The maximum Gasteiger partial charge on any atom is 0.387 e. The van der Waals surface area contributed by atoms with Crippen LogP contribution in [-0.2, 0) is 4.74 Å². The number of morpholine rings is 1. The van der Waals surface area contributed by atoms with E-state index >= 15 is 0 Å². The van der Waals surface area contributed by atoms with E-state index in [0.717, 1.165) is 5.56 Å². The van der Waals surface area contributed by atoms with Crippen LogP contribution < -0.4 is 9.47 Å². The van der Waals surface area contributed by atoms with Crippen molar-refractivity contribution in [2.45, 2.75) is 12.7 Å². The van der Waals surface area contributed by atoms with Crippen molar-refractivity contribution in [3.8, 4) is 11.5 Å². The largest absolute Gasteiger partial charge is 0.493 e. The topological polar surface area (TPSA) is 48.0 Å². The standard InChI is InChI=1S/C19H19F2NO4/c1-24-15-8-7-14(11-16(15)26-19(20)21)18(23)22-9-10-25-17(12-22)13-5-3-2-4-6-13/h2-8,11,17,19H,9-10,12H2,1H3/t17-/m0/s1. The van der Waals surface area contributed by atoms with E-state index in [1.54, 1.807) is 4.90 Å². The molecular weight excluding hydrogens is 344 g/mol. The lowest BCUT2D eigenvalue weighted by Gasteiger charge is -2.33. The van der Waals surface area contributed by atoms with Crippen molar-refractivity contribution in [2.24, 2.45) is 0 Å². The fourth-order valence-electron chi connectivity index (χ4n) is 2.88. The number of nitrogens with zero attached hydrogens (tertiary/aromatic N) is 1. The first-order valence-corrected chi connectivity index (χ1v) is 8.17. The van der Waals surface area contributed by atoms with Crippen molar-refractivity contribution in [1.82, 2.24) is 4.90 Å². The SMILES string of the molecule is COc1ccc(C(=O)N2CCO[C@H](c3ccccc3)C2)cc1OC(F)F. The van der Waals surface area contributed by atoms with Gasteiger partial charge in [0.1, 0.15) is 6.10 Å². The summed E-state index contributed by atoms with van der Waals surface area (Å²) >= 11 is 0. The van der Waals surface area contributed by atoms with Crippen LogP contribution in [0.15, 0.2) is 48.5 Å². The lowest BCUT2D eigenvalue weighted by atomic mass is 10.1. The highest BCUT2D eigenvalue weighted by atomic mass is 19.3. The monoisotopic (exact) mass is 363 g/mol. The zero-order valence-electron chi connectivity index (χ0n) is 14.2. The Labute approximate surface area is 150 Å². The van der Waals surface area contributed by atoms with E-state index in [9.17, 15) is 13.6 Å². The molecule has 0 saturated carbocycles. The molecular formula is C19H19F2NO4. The maximum absolute atomic E-state index is 12.8. The molecule has 3 rings (SSSR count). The van der Waals surface area contributed by atoms with Crippen LogP contribution >= 0.6 is 0 Å². The summed E-state index contributed by atoms with van der Waals surface area (Å²) in [6.45, 7) is -1.78. The summed E-state index contributed by atoms with van der Waals surface area (Å²) in [7, 11) is 1.35. The van der Waals surface area contributed by atoms with Crippen molar-refractivity contribution in [3.05, 3.63) is 59.7 Å². The first kappa shape index (κ1) is 18.1. The Balaban J connectivity index is 1.78. The van der Waals surface area contributed by atoms with Gasteiger partial charge in [0, 0.05) is 12.1 Å². The Morgan fingerprint density at radius 3 is 2.65 bits per heavy atom. The lowest BCUT2D eigenvalue weighted by molar-refractivity contribution is -0.0513. The zero-order chi connectivity index (χ0) is 18.5. The lowest BCUT2D eigenvalue weighted by Crippen LogP contribution is -2.42. The predicted molar refractivity (Wildman–Crippen MR) is 90.7 cm³/mol. The Hall–Kier alpha value is -2.67. The van der Waals surface area contributed by atoms with Gasteiger partial charge in [0.15, 0.2) is 11.5 Å². The minimum Gasteiger partial charge on any atom is -0.493 e. The molecule has 0 aliphatic carbocycles. The summed E-state index contributed by atoms with van der Waals surface area (Å²) in [6.07, 6.45) is -0.219. The molecule has 0 spiro atoms. The van der Waals surface area contributed by atoms with Gasteiger partial charge in [-0.2, -0.15) is 8.78 Å². The van der Waals surface area contributed by atoms with Gasteiger partial charge in [-0.1, -0.05) is 30.3 Å². The average molecular weight is 363 g/mol. The molecule has 1 amide bonds. The smallest absolute Gasteiger partial charge is 0.387 e. The van der Waals surface area contributed by atoms with Gasteiger partial charge >= 0.3 is 6.61 Å². The molecule has 26 heavy (non-hydrogen) atoms. The van der Waals surface area contributed by atoms with E-state index in [2.05, 4.69) is 4.74 Å². The predicted octanol–water partition coefficient (Wildman–Crippen LogP) is 3.51. The number of halogens is 2. The van der Waals surface area contributed by atoms with Gasteiger partial charge in [-0.25, -0.2) is 0 Å². The normalized spacial score (nSPS) is 17.2. The molecule has 0 bridgehead atoms. The Morgan fingerprint density at radius 2 is 1.96 bits per heavy atom. The molecule has 1 aliphatic rings. The van der Waals surface area contributed by atoms with Crippen LogP contribution in [0.3, 0.4) is 0 Å². The second-order valence-corrected chi connectivity index (χ2v) is 5.77. The molecule has 138 valence electrons. The Kier molecular flexibility index (Phi) is 5.68. The fraction of sp³-hybridized carbons (Fsp3) is 0.316. The fourth-order valence-corrected chi connectivity index (χ4v) is 2.88. The minimum atomic E-state index is -3.00. The van der Waals surface area contributed by atoms with Crippen LogP contribution in [0.2, 0.25) is 0 Å². The highest BCUT2D eigenvalue weighted by Gasteiger charge is 2.27. The number of amides is 1. The van der Waals surface area contributed by atoms with E-state index in [4.69, 9.17) is 9.47 Å². The van der Waals surface area contributed by atoms with Gasteiger partial charge < -0.3 is 19.1 Å². The van der Waals surface area contributed by atoms with E-state index < -0.39 is 6.61 Å². The van der Waals surface area contributed by atoms with E-state index in [0.29, 0.717) is 19.7 Å². The summed E-state index contributed by atoms with van der Waals surface area (Å²) in [6, 6.07) is 13.9. The quantitative estimate of drug-likeness (QED) is 0.816. The molecule has 1 saturated heterocycles. The number of carbonyl (C=O) groups is 1. The molecule has 1 heterocycles. The first-order valence-electron chi connectivity index (χ1n) is 8.17. The highest BCUT2D eigenvalue weighted by molar-refractivity contribution is 5.95. The number of rotatable bonds is 5. The average Bonchev–Trinajstić information content (AvgIpc) is 2.67. The van der Waals surface area contributed by atoms with Gasteiger partial charge in [0.2, 0.25) is 0 Å². The van der Waals surface area contributed by atoms with Crippen molar-refractivity contribution >= 4 is 5.91 Å². The van der Waals surface area contributed by atoms with Crippen LogP contribution in [0, 0.1) is 0 Å². The van der Waals surface area contributed by atoms with Gasteiger partial charge in [-0.3, -0.25) is 4.79 Å². The molecule has 5 nitrogen and oxygen atoms in total.